The van der Waals surface area contributed by atoms with Gasteiger partial charge in [0.05, 0.1) is 0 Å². The van der Waals surface area contributed by atoms with Gasteiger partial charge in [-0.05, 0) is 0 Å². The van der Waals surface area contributed by atoms with Crippen molar-refractivity contribution in [3.63, 3.8) is 0 Å². The summed E-state index contributed by atoms with van der Waals surface area (Å²) in [6.45, 7) is 0.713. The van der Waals surface area contributed by atoms with Gasteiger partial charge in [-0.1, -0.05) is 0 Å². The summed E-state index contributed by atoms with van der Waals surface area (Å²) in [5.74, 6) is -0.762. The van der Waals surface area contributed by atoms with Crippen LogP contribution in [0.3, 0.4) is 0 Å². The van der Waals surface area contributed by atoms with E-state index in [0.29, 0.717) is 6.54 Å². The first-order valence-electron chi connectivity index (χ1n) is 3.11. The largest absolute Gasteiger partial charge is 0.336 e. The minimum absolute atomic E-state index is 0.713. The molecule has 1 fully saturated rings. The second-order valence-corrected chi connectivity index (χ2v) is 2.17. The lowest BCUT2D eigenvalue weighted by atomic mass is 10.1. The van der Waals surface area contributed by atoms with Gasteiger partial charge in [0, 0.05) is 27.2 Å². The minimum Gasteiger partial charge on any atom is -0.336 e. The molecule has 1 amide bonds. The monoisotopic (exact) mass is 145 g/mol. The molecule has 10 heavy (non-hydrogen) atoms. The Morgan fingerprint density at radius 2 is 2.10 bits per heavy atom. The maximum absolute atomic E-state index is 10.3. The van der Waals surface area contributed by atoms with Crippen LogP contribution in [-0.2, 0) is 14.3 Å². The van der Waals surface area contributed by atoms with Crippen molar-refractivity contribution in [2.75, 3.05) is 20.8 Å². The third kappa shape index (κ3) is 0.803. The van der Waals surface area contributed by atoms with Crippen LogP contribution in [0.25, 0.3) is 0 Å². The summed E-state index contributed by atoms with van der Waals surface area (Å²) in [5.41, 5.74) is 0. The number of rotatable bonds is 3. The maximum atomic E-state index is 10.3. The summed E-state index contributed by atoms with van der Waals surface area (Å²) in [4.78, 5) is 11.8. The quantitative estimate of drug-likeness (QED) is 0.407. The first-order valence-corrected chi connectivity index (χ1v) is 3.11. The van der Waals surface area contributed by atoms with Crippen molar-refractivity contribution in [1.29, 1.82) is 0 Å². The highest BCUT2D eigenvalue weighted by molar-refractivity contribution is 5.49. The lowest BCUT2D eigenvalue weighted by molar-refractivity contribution is -0.328. The third-order valence-electron chi connectivity index (χ3n) is 1.87. The van der Waals surface area contributed by atoms with Crippen LogP contribution < -0.4 is 0 Å². The van der Waals surface area contributed by atoms with Gasteiger partial charge in [0.15, 0.2) is 0 Å². The van der Waals surface area contributed by atoms with Crippen molar-refractivity contribution in [3.8, 4) is 0 Å². The molecule has 0 atom stereocenters. The van der Waals surface area contributed by atoms with Gasteiger partial charge in [-0.25, -0.2) is 0 Å². The average Bonchev–Trinajstić information content (AvgIpc) is 1.90. The van der Waals surface area contributed by atoms with Gasteiger partial charge in [-0.3, -0.25) is 9.69 Å². The number of amides is 1. The Labute approximate surface area is 59.7 Å². The van der Waals surface area contributed by atoms with Crippen LogP contribution in [-0.4, -0.2) is 38.0 Å². The van der Waals surface area contributed by atoms with Gasteiger partial charge in [-0.15, -0.1) is 0 Å². The summed E-state index contributed by atoms with van der Waals surface area (Å²) in [6.07, 6.45) is 1.48. The molecule has 0 N–H and O–H groups in total. The fraction of sp³-hybridized carbons (Fsp3) is 0.833. The Balaban J connectivity index is 2.56. The topological polar surface area (TPSA) is 38.8 Å². The van der Waals surface area contributed by atoms with E-state index < -0.39 is 5.91 Å². The van der Waals surface area contributed by atoms with Crippen molar-refractivity contribution in [1.82, 2.24) is 4.90 Å². The number of hydrogen-bond donors (Lipinski definition) is 0. The second kappa shape index (κ2) is 2.56. The Kier molecular flexibility index (Phi) is 1.92. The lowest BCUT2D eigenvalue weighted by Gasteiger charge is -2.47. The van der Waals surface area contributed by atoms with Crippen LogP contribution in [0, 0.1) is 0 Å². The molecule has 1 aliphatic rings. The molecule has 0 bridgehead atoms. The maximum Gasteiger partial charge on any atom is 0.254 e. The molecule has 58 valence electrons. The van der Waals surface area contributed by atoms with E-state index in [2.05, 4.69) is 0 Å². The fourth-order valence-electron chi connectivity index (χ4n) is 1.08. The van der Waals surface area contributed by atoms with E-state index in [-0.39, 0.29) is 0 Å². The van der Waals surface area contributed by atoms with E-state index in [0.717, 1.165) is 12.8 Å². The summed E-state index contributed by atoms with van der Waals surface area (Å²) in [7, 11) is 3.05. The normalized spacial score (nSPS) is 22.0. The molecular formula is C6H11NO3. The molecule has 0 aromatic rings. The molecule has 0 aliphatic carbocycles. The van der Waals surface area contributed by atoms with Gasteiger partial charge in [0.25, 0.3) is 5.91 Å². The number of ether oxygens (including phenoxy) is 2. The summed E-state index contributed by atoms with van der Waals surface area (Å²) >= 11 is 0. The zero-order chi connectivity index (χ0) is 7.61. The number of carbonyl (C=O) groups is 1. The van der Waals surface area contributed by atoms with E-state index in [1.54, 1.807) is 0 Å². The molecule has 1 aliphatic heterocycles. The predicted octanol–water partition coefficient (Wildman–Crippen LogP) is -0.205. The first kappa shape index (κ1) is 7.50. The van der Waals surface area contributed by atoms with Crippen molar-refractivity contribution >= 4 is 6.41 Å². The van der Waals surface area contributed by atoms with Crippen molar-refractivity contribution in [2.24, 2.45) is 0 Å². The Morgan fingerprint density at radius 3 is 2.20 bits per heavy atom. The van der Waals surface area contributed by atoms with E-state index in [1.165, 1.54) is 19.1 Å². The number of hydrogen-bond acceptors (Lipinski definition) is 3. The van der Waals surface area contributed by atoms with Crippen LogP contribution in [0.4, 0.5) is 0 Å². The predicted molar refractivity (Wildman–Crippen MR) is 34.1 cm³/mol. The zero-order valence-electron chi connectivity index (χ0n) is 6.16. The highest BCUT2D eigenvalue weighted by Gasteiger charge is 2.45. The molecule has 0 radical (unpaired) electrons. The number of nitrogens with zero attached hydrogens (tertiary/aromatic N) is 1. The average molecular weight is 145 g/mol. The Hall–Kier alpha value is -0.610. The van der Waals surface area contributed by atoms with Crippen LogP contribution in [0.15, 0.2) is 0 Å². The molecule has 0 spiro atoms. The van der Waals surface area contributed by atoms with E-state index >= 15 is 0 Å². The molecule has 1 saturated heterocycles. The number of likely N-dealkylation sites (tertiary alicyclic amines) is 1. The molecule has 0 aromatic heterocycles. The van der Waals surface area contributed by atoms with E-state index in [4.69, 9.17) is 9.47 Å². The zero-order valence-corrected chi connectivity index (χ0v) is 6.16. The summed E-state index contributed by atoms with van der Waals surface area (Å²) in [6, 6.07) is 0. The molecule has 1 heterocycles. The molecule has 4 nitrogen and oxygen atoms in total. The van der Waals surface area contributed by atoms with E-state index in [9.17, 15) is 4.79 Å². The summed E-state index contributed by atoms with van der Waals surface area (Å²) in [5, 5.41) is 0. The highest BCUT2D eigenvalue weighted by Crippen LogP contribution is 2.29. The lowest BCUT2D eigenvalue weighted by Crippen LogP contribution is -2.61. The second-order valence-electron chi connectivity index (χ2n) is 2.17. The Bertz CT molecular complexity index is 127. The van der Waals surface area contributed by atoms with E-state index in [1.807, 2.05) is 0 Å². The molecule has 0 unspecified atom stereocenters. The van der Waals surface area contributed by atoms with Crippen molar-refractivity contribution < 1.29 is 14.3 Å². The molecule has 0 saturated carbocycles. The standard InChI is InChI=1S/C6H11NO3/c1-9-6(10-2)3-4-7(6)5-8/h5H,3-4H2,1-2H3. The van der Waals surface area contributed by atoms with Crippen molar-refractivity contribution in [2.45, 2.75) is 12.3 Å². The van der Waals surface area contributed by atoms with Gasteiger partial charge < -0.3 is 9.47 Å². The number of carbonyl (C=O) groups excluding carboxylic acids is 1. The minimum atomic E-state index is -0.762. The molecule has 1 rings (SSSR count). The van der Waals surface area contributed by atoms with Crippen LogP contribution >= 0.6 is 0 Å². The molecular weight excluding hydrogens is 134 g/mol. The van der Waals surface area contributed by atoms with Crippen LogP contribution in [0.5, 0.6) is 0 Å². The van der Waals surface area contributed by atoms with Gasteiger partial charge in [0.2, 0.25) is 6.41 Å². The number of methoxy groups -OCH3 is 2. The van der Waals surface area contributed by atoms with Crippen LogP contribution in [0.2, 0.25) is 0 Å². The SMILES string of the molecule is COC1(OC)CCN1C=O. The highest BCUT2D eigenvalue weighted by atomic mass is 16.7. The Morgan fingerprint density at radius 1 is 1.50 bits per heavy atom. The summed E-state index contributed by atoms with van der Waals surface area (Å²) < 4.78 is 10.00. The van der Waals surface area contributed by atoms with Gasteiger partial charge >= 0.3 is 0 Å². The first-order chi connectivity index (χ1) is 4.79. The molecule has 4 heteroatoms. The fourth-order valence-corrected chi connectivity index (χ4v) is 1.08. The van der Waals surface area contributed by atoms with Crippen LogP contribution in [0.1, 0.15) is 6.42 Å². The van der Waals surface area contributed by atoms with Crippen molar-refractivity contribution in [3.05, 3.63) is 0 Å². The van der Waals surface area contributed by atoms with Gasteiger partial charge in [-0.2, -0.15) is 0 Å². The smallest absolute Gasteiger partial charge is 0.254 e. The molecule has 0 aromatic carbocycles. The van der Waals surface area contributed by atoms with Gasteiger partial charge in [0.1, 0.15) is 0 Å². The third-order valence-corrected chi connectivity index (χ3v) is 1.87.